The van der Waals surface area contributed by atoms with E-state index < -0.39 is 5.51 Å². The maximum atomic E-state index is 12.4. The van der Waals surface area contributed by atoms with Crippen LogP contribution in [-0.2, 0) is 11.2 Å². The third kappa shape index (κ3) is 7.17. The highest BCUT2D eigenvalue weighted by Crippen LogP contribution is 2.37. The van der Waals surface area contributed by atoms with Gasteiger partial charge in [0, 0.05) is 18.0 Å². The van der Waals surface area contributed by atoms with Crippen LogP contribution in [0.5, 0.6) is 0 Å². The minimum Gasteiger partial charge on any atom is -0.383 e. The quantitative estimate of drug-likeness (QED) is 0.776. The Hall–Kier alpha value is -0.720. The van der Waals surface area contributed by atoms with Crippen molar-refractivity contribution in [2.24, 2.45) is 5.73 Å². The summed E-state index contributed by atoms with van der Waals surface area (Å²) in [6.45, 7) is 2.31. The highest BCUT2D eigenvalue weighted by atomic mass is 32.2. The second-order valence-corrected chi connectivity index (χ2v) is 5.95. The number of aryl methyl sites for hydroxylation is 2. The van der Waals surface area contributed by atoms with Gasteiger partial charge in [0.25, 0.3) is 0 Å². The molecule has 0 bridgehead atoms. The summed E-state index contributed by atoms with van der Waals surface area (Å²) < 4.78 is 42.1. The third-order valence-electron chi connectivity index (χ3n) is 2.77. The highest BCUT2D eigenvalue weighted by Gasteiger charge is 2.29. The van der Waals surface area contributed by atoms with Crippen LogP contribution in [0.3, 0.4) is 0 Å². The van der Waals surface area contributed by atoms with E-state index in [1.807, 2.05) is 6.07 Å². The summed E-state index contributed by atoms with van der Waals surface area (Å²) in [7, 11) is 1.60. The lowest BCUT2D eigenvalue weighted by Gasteiger charge is -2.11. The van der Waals surface area contributed by atoms with Crippen LogP contribution in [0.4, 0.5) is 13.2 Å². The minimum absolute atomic E-state index is 0.0196. The van der Waals surface area contributed by atoms with Gasteiger partial charge in [0.15, 0.2) is 0 Å². The second kappa shape index (κ2) is 7.90. The Morgan fingerprint density at radius 1 is 1.30 bits per heavy atom. The van der Waals surface area contributed by atoms with Crippen molar-refractivity contribution in [3.8, 4) is 0 Å². The molecule has 20 heavy (non-hydrogen) atoms. The average molecular weight is 307 g/mol. The summed E-state index contributed by atoms with van der Waals surface area (Å²) in [5.74, 6) is 0. The number of thioether (sulfide) groups is 1. The number of hydrogen-bond donors (Lipinski definition) is 1. The Labute approximate surface area is 121 Å². The molecule has 2 nitrogen and oxygen atoms in total. The van der Waals surface area contributed by atoms with E-state index in [0.717, 1.165) is 30.4 Å². The van der Waals surface area contributed by atoms with Gasteiger partial charge in [-0.05, 0) is 61.2 Å². The van der Waals surface area contributed by atoms with Crippen molar-refractivity contribution in [1.29, 1.82) is 0 Å². The number of alkyl halides is 3. The van der Waals surface area contributed by atoms with E-state index in [1.165, 1.54) is 0 Å². The zero-order valence-corrected chi connectivity index (χ0v) is 12.5. The Kier molecular flexibility index (Phi) is 6.85. The van der Waals surface area contributed by atoms with Gasteiger partial charge >= 0.3 is 5.51 Å². The molecule has 1 aromatic carbocycles. The van der Waals surface area contributed by atoms with Gasteiger partial charge in [-0.1, -0.05) is 6.07 Å². The van der Waals surface area contributed by atoms with Gasteiger partial charge in [0.2, 0.25) is 0 Å². The molecule has 1 aromatic rings. The summed E-state index contributed by atoms with van der Waals surface area (Å²) >= 11 is -0.0677. The maximum absolute atomic E-state index is 12.4. The van der Waals surface area contributed by atoms with E-state index in [4.69, 9.17) is 10.5 Å². The van der Waals surface area contributed by atoms with Crippen LogP contribution in [0.15, 0.2) is 23.1 Å². The molecule has 2 N–H and O–H groups in total. The van der Waals surface area contributed by atoms with E-state index in [2.05, 4.69) is 0 Å². The zero-order valence-electron chi connectivity index (χ0n) is 11.7. The first kappa shape index (κ1) is 17.3. The third-order valence-corrected chi connectivity index (χ3v) is 3.47. The van der Waals surface area contributed by atoms with Crippen molar-refractivity contribution in [3.05, 3.63) is 29.3 Å². The Morgan fingerprint density at radius 2 is 2.00 bits per heavy atom. The first-order valence-electron chi connectivity index (χ1n) is 6.41. The Balaban J connectivity index is 2.57. The molecule has 1 rings (SSSR count). The van der Waals surface area contributed by atoms with Crippen LogP contribution >= 0.6 is 11.8 Å². The lowest BCUT2D eigenvalue weighted by Crippen LogP contribution is -2.25. The molecular formula is C14H20F3NOS. The van der Waals surface area contributed by atoms with E-state index in [9.17, 15) is 13.2 Å². The first-order valence-corrected chi connectivity index (χ1v) is 7.22. The molecule has 114 valence electrons. The molecule has 0 aliphatic heterocycles. The number of benzene rings is 1. The molecule has 0 saturated carbocycles. The summed E-state index contributed by atoms with van der Waals surface area (Å²) in [5, 5.41) is 0. The lowest BCUT2D eigenvalue weighted by atomic mass is 10.0. The molecular weight excluding hydrogens is 287 g/mol. The number of ether oxygens (including phenoxy) is 1. The van der Waals surface area contributed by atoms with Gasteiger partial charge in [-0.3, -0.25) is 0 Å². The van der Waals surface area contributed by atoms with Gasteiger partial charge in [-0.15, -0.1) is 0 Å². The van der Waals surface area contributed by atoms with E-state index >= 15 is 0 Å². The van der Waals surface area contributed by atoms with Gasteiger partial charge in [-0.25, -0.2) is 0 Å². The van der Waals surface area contributed by atoms with Crippen molar-refractivity contribution < 1.29 is 17.9 Å². The summed E-state index contributed by atoms with van der Waals surface area (Å²) in [6.07, 6.45) is 2.36. The maximum Gasteiger partial charge on any atom is 0.446 e. The SMILES string of the molecule is COC[C@H](N)CCCc1cc(C)cc(SC(F)(F)F)c1. The summed E-state index contributed by atoms with van der Waals surface area (Å²) in [6, 6.07) is 5.06. The fourth-order valence-corrected chi connectivity index (χ4v) is 2.75. The van der Waals surface area contributed by atoms with Gasteiger partial charge in [-0.2, -0.15) is 13.2 Å². The van der Waals surface area contributed by atoms with Gasteiger partial charge in [0.05, 0.1) is 6.61 Å². The van der Waals surface area contributed by atoms with Crippen LogP contribution < -0.4 is 5.73 Å². The molecule has 0 aliphatic carbocycles. The molecule has 0 spiro atoms. The highest BCUT2D eigenvalue weighted by molar-refractivity contribution is 8.00. The topological polar surface area (TPSA) is 35.2 Å². The van der Waals surface area contributed by atoms with Crippen LogP contribution in [0.1, 0.15) is 24.0 Å². The molecule has 0 fully saturated rings. The van der Waals surface area contributed by atoms with E-state index in [-0.39, 0.29) is 22.7 Å². The standard InChI is InChI=1S/C14H20F3NOS/c1-10-6-11(4-3-5-12(18)9-19-2)8-13(7-10)20-14(15,16)17/h6-8,12H,3-5,9,18H2,1-2H3/t12-/m1/s1. The fraction of sp³-hybridized carbons (Fsp3) is 0.571. The zero-order chi connectivity index (χ0) is 15.2. The first-order chi connectivity index (χ1) is 9.30. The smallest absolute Gasteiger partial charge is 0.383 e. The number of rotatable bonds is 7. The normalized spacial score (nSPS) is 13.5. The van der Waals surface area contributed by atoms with Crippen molar-refractivity contribution in [2.45, 2.75) is 42.6 Å². The van der Waals surface area contributed by atoms with Gasteiger partial charge in [0.1, 0.15) is 0 Å². The van der Waals surface area contributed by atoms with E-state index in [1.54, 1.807) is 26.2 Å². The van der Waals surface area contributed by atoms with Crippen LogP contribution in [0.25, 0.3) is 0 Å². The molecule has 6 heteroatoms. The second-order valence-electron chi connectivity index (χ2n) is 4.81. The minimum atomic E-state index is -4.24. The van der Waals surface area contributed by atoms with Crippen LogP contribution in [0, 0.1) is 6.92 Å². The van der Waals surface area contributed by atoms with E-state index in [0.29, 0.717) is 6.61 Å². The van der Waals surface area contributed by atoms with Gasteiger partial charge < -0.3 is 10.5 Å². The Bertz CT molecular complexity index is 423. The van der Waals surface area contributed by atoms with Crippen LogP contribution in [0.2, 0.25) is 0 Å². The Morgan fingerprint density at radius 3 is 2.60 bits per heavy atom. The average Bonchev–Trinajstić information content (AvgIpc) is 2.25. The largest absolute Gasteiger partial charge is 0.446 e. The molecule has 0 radical (unpaired) electrons. The monoisotopic (exact) mass is 307 g/mol. The molecule has 0 aliphatic rings. The molecule has 0 amide bonds. The number of methoxy groups -OCH3 is 1. The molecule has 0 heterocycles. The summed E-state index contributed by atoms with van der Waals surface area (Å²) in [4.78, 5) is 0.244. The number of hydrogen-bond acceptors (Lipinski definition) is 3. The number of halogens is 3. The number of nitrogens with two attached hydrogens (primary N) is 1. The van der Waals surface area contributed by atoms with Crippen LogP contribution in [-0.4, -0.2) is 25.3 Å². The predicted octanol–water partition coefficient (Wildman–Crippen LogP) is 3.90. The predicted molar refractivity (Wildman–Crippen MR) is 75.9 cm³/mol. The molecule has 0 unspecified atom stereocenters. The molecule has 0 aromatic heterocycles. The fourth-order valence-electron chi connectivity index (χ4n) is 2.03. The molecule has 1 atom stereocenters. The van der Waals surface area contributed by atoms with Crippen molar-refractivity contribution >= 4 is 11.8 Å². The van der Waals surface area contributed by atoms with Crippen molar-refractivity contribution in [3.63, 3.8) is 0 Å². The van der Waals surface area contributed by atoms with Crippen molar-refractivity contribution in [1.82, 2.24) is 0 Å². The lowest BCUT2D eigenvalue weighted by molar-refractivity contribution is -0.0328. The summed E-state index contributed by atoms with van der Waals surface area (Å²) in [5.41, 5.74) is 3.33. The van der Waals surface area contributed by atoms with Crippen molar-refractivity contribution in [2.75, 3.05) is 13.7 Å². The molecule has 0 saturated heterocycles.